The third-order valence-corrected chi connectivity index (χ3v) is 5.19. The Balaban J connectivity index is 1.58. The summed E-state index contributed by atoms with van der Waals surface area (Å²) in [4.78, 5) is 4.54. The van der Waals surface area contributed by atoms with Gasteiger partial charge in [0.1, 0.15) is 18.0 Å². The molecule has 0 aromatic heterocycles. The van der Waals surface area contributed by atoms with Crippen LogP contribution in [0.15, 0.2) is 24.3 Å². The van der Waals surface area contributed by atoms with Gasteiger partial charge in [-0.25, -0.2) is 4.39 Å². The Kier molecular flexibility index (Phi) is 6.38. The summed E-state index contributed by atoms with van der Waals surface area (Å²) in [5, 5.41) is 23.4. The first-order valence-corrected chi connectivity index (χ1v) is 8.90. The van der Waals surface area contributed by atoms with Gasteiger partial charge in [-0.3, -0.25) is 4.90 Å². The van der Waals surface area contributed by atoms with E-state index in [1.807, 2.05) is 0 Å². The molecule has 1 aromatic rings. The molecule has 7 heteroatoms. The van der Waals surface area contributed by atoms with Crippen LogP contribution in [0.5, 0.6) is 0 Å². The third-order valence-electron chi connectivity index (χ3n) is 5.19. The van der Waals surface area contributed by atoms with E-state index < -0.39 is 12.2 Å². The maximum absolute atomic E-state index is 13.0. The van der Waals surface area contributed by atoms with Crippen molar-refractivity contribution in [1.29, 1.82) is 0 Å². The lowest BCUT2D eigenvalue weighted by Gasteiger charge is -2.39. The molecular formula is C18H28FN3O3. The molecule has 2 heterocycles. The fraction of sp³-hybridized carbons (Fsp3) is 0.667. The van der Waals surface area contributed by atoms with Crippen LogP contribution in [0.3, 0.4) is 0 Å². The number of halogens is 1. The van der Waals surface area contributed by atoms with E-state index in [2.05, 4.69) is 22.2 Å². The molecule has 0 bridgehead atoms. The van der Waals surface area contributed by atoms with E-state index >= 15 is 0 Å². The minimum absolute atomic E-state index is 0.119. The van der Waals surface area contributed by atoms with Crippen molar-refractivity contribution in [1.82, 2.24) is 15.1 Å². The topological polar surface area (TPSA) is 68.2 Å². The highest BCUT2D eigenvalue weighted by molar-refractivity contribution is 5.15. The maximum Gasteiger partial charge on any atom is 0.123 e. The molecule has 1 aromatic carbocycles. The first-order valence-electron chi connectivity index (χ1n) is 8.90. The predicted octanol–water partition coefficient (Wildman–Crippen LogP) is -0.348. The Morgan fingerprint density at radius 2 is 1.84 bits per heavy atom. The summed E-state index contributed by atoms with van der Waals surface area (Å²) in [6.45, 7) is 4.69. The van der Waals surface area contributed by atoms with E-state index in [9.17, 15) is 14.6 Å². The number of aliphatic hydroxyl groups excluding tert-OH is 2. The second-order valence-corrected chi connectivity index (χ2v) is 6.97. The molecule has 0 unspecified atom stereocenters. The lowest BCUT2D eigenvalue weighted by atomic mass is 10.0. The maximum atomic E-state index is 13.0. The fourth-order valence-corrected chi connectivity index (χ4v) is 3.68. The zero-order valence-electron chi connectivity index (χ0n) is 14.6. The molecule has 2 aliphatic rings. The van der Waals surface area contributed by atoms with E-state index in [0.717, 1.165) is 31.7 Å². The van der Waals surface area contributed by atoms with Crippen LogP contribution in [-0.4, -0.2) is 90.7 Å². The minimum atomic E-state index is -0.689. The number of ether oxygens (including phenoxy) is 1. The summed E-state index contributed by atoms with van der Waals surface area (Å²) in [7, 11) is 2.09. The van der Waals surface area contributed by atoms with Crippen molar-refractivity contribution < 1.29 is 19.3 Å². The highest BCUT2D eigenvalue weighted by Crippen LogP contribution is 2.26. The van der Waals surface area contributed by atoms with Crippen LogP contribution < -0.4 is 5.32 Å². The Labute approximate surface area is 148 Å². The van der Waals surface area contributed by atoms with Gasteiger partial charge in [-0.2, -0.15) is 0 Å². The molecule has 2 saturated heterocycles. The van der Waals surface area contributed by atoms with Crippen molar-refractivity contribution in [2.24, 2.45) is 0 Å². The summed E-state index contributed by atoms with van der Waals surface area (Å²) >= 11 is 0. The Morgan fingerprint density at radius 1 is 1.16 bits per heavy atom. The lowest BCUT2D eigenvalue weighted by Crippen LogP contribution is -2.56. The van der Waals surface area contributed by atoms with Crippen molar-refractivity contribution >= 4 is 0 Å². The van der Waals surface area contributed by atoms with Gasteiger partial charge in [0.15, 0.2) is 0 Å². The average Bonchev–Trinajstić information content (AvgIpc) is 2.93. The van der Waals surface area contributed by atoms with Gasteiger partial charge in [0, 0.05) is 39.3 Å². The van der Waals surface area contributed by atoms with Crippen molar-refractivity contribution in [2.75, 3.05) is 46.4 Å². The predicted molar refractivity (Wildman–Crippen MR) is 92.7 cm³/mol. The second kappa shape index (κ2) is 8.53. The monoisotopic (exact) mass is 353 g/mol. The van der Waals surface area contributed by atoms with Crippen LogP contribution in [0.2, 0.25) is 0 Å². The molecule has 0 spiro atoms. The van der Waals surface area contributed by atoms with Gasteiger partial charge in [0.05, 0.1) is 18.8 Å². The van der Waals surface area contributed by atoms with Crippen molar-refractivity contribution in [3.63, 3.8) is 0 Å². The highest BCUT2D eigenvalue weighted by Gasteiger charge is 2.46. The Morgan fingerprint density at radius 3 is 2.48 bits per heavy atom. The first-order chi connectivity index (χ1) is 12.1. The number of benzene rings is 1. The summed E-state index contributed by atoms with van der Waals surface area (Å²) < 4.78 is 18.9. The fourth-order valence-electron chi connectivity index (χ4n) is 3.68. The SMILES string of the molecule is CN1CCN([C@@H]2[C@H](O)[C@H](CO)O[C@@H]2CNCc2ccc(F)cc2)CC1. The molecule has 0 aliphatic carbocycles. The van der Waals surface area contributed by atoms with Crippen LogP contribution in [-0.2, 0) is 11.3 Å². The van der Waals surface area contributed by atoms with E-state index in [-0.39, 0.29) is 24.6 Å². The van der Waals surface area contributed by atoms with Gasteiger partial charge < -0.3 is 25.2 Å². The van der Waals surface area contributed by atoms with Crippen LogP contribution >= 0.6 is 0 Å². The van der Waals surface area contributed by atoms with Crippen LogP contribution in [0.1, 0.15) is 5.56 Å². The number of hydrogen-bond donors (Lipinski definition) is 3. The summed E-state index contributed by atoms with van der Waals surface area (Å²) in [6.07, 6.45) is -1.41. The van der Waals surface area contributed by atoms with Gasteiger partial charge in [-0.1, -0.05) is 12.1 Å². The van der Waals surface area contributed by atoms with E-state index in [1.54, 1.807) is 12.1 Å². The molecular weight excluding hydrogens is 325 g/mol. The highest BCUT2D eigenvalue weighted by atomic mass is 19.1. The van der Waals surface area contributed by atoms with Crippen LogP contribution in [0.25, 0.3) is 0 Å². The Hall–Kier alpha value is -1.09. The first kappa shape index (κ1) is 18.7. The molecule has 3 rings (SSSR count). The standard InChI is InChI=1S/C18H28FN3O3/c1-21-6-8-22(9-7-21)17-15(25-16(12-23)18(17)24)11-20-10-13-2-4-14(19)5-3-13/h2-5,15-18,20,23-24H,6-12H2,1H3/t15-,16+,17+,18-/m1/s1. The normalized spacial score (nSPS) is 31.5. The number of aliphatic hydroxyl groups is 2. The van der Waals surface area contributed by atoms with Gasteiger partial charge in [-0.15, -0.1) is 0 Å². The number of hydrogen-bond acceptors (Lipinski definition) is 6. The largest absolute Gasteiger partial charge is 0.394 e. The van der Waals surface area contributed by atoms with Crippen LogP contribution in [0, 0.1) is 5.82 Å². The second-order valence-electron chi connectivity index (χ2n) is 6.97. The average molecular weight is 353 g/mol. The summed E-state index contributed by atoms with van der Waals surface area (Å²) in [5.41, 5.74) is 0.995. The van der Waals surface area contributed by atoms with Crippen molar-refractivity contribution in [3.05, 3.63) is 35.6 Å². The van der Waals surface area contributed by atoms with E-state index in [0.29, 0.717) is 13.1 Å². The Bertz CT molecular complexity index is 537. The number of piperazine rings is 1. The number of rotatable bonds is 6. The van der Waals surface area contributed by atoms with Gasteiger partial charge >= 0.3 is 0 Å². The number of likely N-dealkylation sites (N-methyl/N-ethyl adjacent to an activating group) is 1. The molecule has 2 fully saturated rings. The molecule has 0 radical (unpaired) electrons. The molecule has 4 atom stereocenters. The van der Waals surface area contributed by atoms with Crippen molar-refractivity contribution in [2.45, 2.75) is 30.9 Å². The van der Waals surface area contributed by atoms with Gasteiger partial charge in [-0.05, 0) is 24.7 Å². The van der Waals surface area contributed by atoms with E-state index in [1.165, 1.54) is 12.1 Å². The zero-order valence-corrected chi connectivity index (χ0v) is 14.6. The zero-order chi connectivity index (χ0) is 17.8. The molecule has 2 aliphatic heterocycles. The molecule has 140 valence electrons. The third kappa shape index (κ3) is 4.55. The van der Waals surface area contributed by atoms with Gasteiger partial charge in [0.25, 0.3) is 0 Å². The minimum Gasteiger partial charge on any atom is -0.394 e. The molecule has 0 amide bonds. The molecule has 3 N–H and O–H groups in total. The molecule has 6 nitrogen and oxygen atoms in total. The summed E-state index contributed by atoms with van der Waals surface area (Å²) in [6, 6.07) is 6.28. The van der Waals surface area contributed by atoms with Crippen molar-refractivity contribution in [3.8, 4) is 0 Å². The van der Waals surface area contributed by atoms with E-state index in [4.69, 9.17) is 4.74 Å². The summed E-state index contributed by atoms with van der Waals surface area (Å²) in [5.74, 6) is -0.244. The number of nitrogens with one attached hydrogen (secondary N) is 1. The van der Waals surface area contributed by atoms with Gasteiger partial charge in [0.2, 0.25) is 0 Å². The molecule has 0 saturated carbocycles. The lowest BCUT2D eigenvalue weighted by molar-refractivity contribution is -0.0213. The number of nitrogens with zero attached hydrogens (tertiary/aromatic N) is 2. The smallest absolute Gasteiger partial charge is 0.123 e. The van der Waals surface area contributed by atoms with Crippen LogP contribution in [0.4, 0.5) is 4.39 Å². The molecule has 25 heavy (non-hydrogen) atoms. The quantitative estimate of drug-likeness (QED) is 0.650.